The molecule has 0 spiro atoms. The number of aryl methyl sites for hydroxylation is 1. The van der Waals surface area contributed by atoms with Crippen LogP contribution in [0.5, 0.6) is 0 Å². The van der Waals surface area contributed by atoms with E-state index in [4.69, 9.17) is 0 Å². The van der Waals surface area contributed by atoms with Gasteiger partial charge >= 0.3 is 0 Å². The van der Waals surface area contributed by atoms with Crippen molar-refractivity contribution in [2.75, 3.05) is 0 Å². The fraction of sp³-hybridized carbons (Fsp3) is 0.458. The Morgan fingerprint density at radius 3 is 2.00 bits per heavy atom. The summed E-state index contributed by atoms with van der Waals surface area (Å²) in [6.07, 6.45) is 7.44. The van der Waals surface area contributed by atoms with Crippen molar-refractivity contribution in [2.45, 2.75) is 73.6 Å². The van der Waals surface area contributed by atoms with E-state index in [1.807, 2.05) is 26.8 Å². The van der Waals surface area contributed by atoms with Gasteiger partial charge in [-0.2, -0.15) is 0 Å². The van der Waals surface area contributed by atoms with Crippen LogP contribution in [0.2, 0.25) is 0 Å². The molecule has 0 bridgehead atoms. The summed E-state index contributed by atoms with van der Waals surface area (Å²) >= 11 is 0. The molecule has 0 N–H and O–H groups in total. The Balaban J connectivity index is 0. The van der Waals surface area contributed by atoms with Gasteiger partial charge in [0, 0.05) is 6.42 Å². The van der Waals surface area contributed by atoms with Crippen LogP contribution in [0, 0.1) is 6.92 Å². The number of Topliss-reactive ketones (excluding diaryl/α,β-unsaturated/α-hetero) is 1. The second kappa shape index (κ2) is 18.4. The maximum Gasteiger partial charge on any atom is 0.129 e. The molecular formula is C24H38O. The van der Waals surface area contributed by atoms with E-state index >= 15 is 0 Å². The van der Waals surface area contributed by atoms with Gasteiger partial charge in [0.25, 0.3) is 0 Å². The van der Waals surface area contributed by atoms with E-state index in [-0.39, 0.29) is 5.78 Å². The minimum absolute atomic E-state index is 0.289. The highest BCUT2D eigenvalue weighted by Crippen LogP contribution is 2.14. The lowest BCUT2D eigenvalue weighted by Crippen LogP contribution is -1.84. The number of hydrogen-bond donors (Lipinski definition) is 0. The average molecular weight is 343 g/mol. The molecule has 1 heteroatoms. The quantitative estimate of drug-likeness (QED) is 0.398. The summed E-state index contributed by atoms with van der Waals surface area (Å²) in [5, 5.41) is 2.64. The van der Waals surface area contributed by atoms with E-state index in [1.54, 1.807) is 6.92 Å². The van der Waals surface area contributed by atoms with Crippen LogP contribution >= 0.6 is 0 Å². The molecule has 0 heterocycles. The largest absolute Gasteiger partial charge is 0.300 e. The van der Waals surface area contributed by atoms with E-state index in [1.165, 1.54) is 35.6 Å². The number of hydrogen-bond acceptors (Lipinski definition) is 1. The lowest BCUT2D eigenvalue weighted by atomic mass is 10.1. The summed E-state index contributed by atoms with van der Waals surface area (Å²) < 4.78 is 0. The van der Waals surface area contributed by atoms with Crippen molar-refractivity contribution in [2.24, 2.45) is 0 Å². The molecule has 0 fully saturated rings. The smallest absolute Gasteiger partial charge is 0.129 e. The third-order valence-corrected chi connectivity index (χ3v) is 3.27. The number of carbonyl (C=O) groups is 1. The predicted octanol–water partition coefficient (Wildman–Crippen LogP) is 7.91. The lowest BCUT2D eigenvalue weighted by molar-refractivity contribution is -0.117. The van der Waals surface area contributed by atoms with Gasteiger partial charge < -0.3 is 4.79 Å². The van der Waals surface area contributed by atoms with Crippen molar-refractivity contribution in [3.8, 4) is 0 Å². The number of rotatable bonds is 5. The zero-order valence-electron chi connectivity index (χ0n) is 17.3. The summed E-state index contributed by atoms with van der Waals surface area (Å²) in [7, 11) is 0. The zero-order chi connectivity index (χ0) is 19.5. The Hall–Kier alpha value is -1.89. The SMILES string of the molecule is C=CCCCC.CC.CCCC(C)=O.Cc1ccc2ccccc2c1. The molecule has 2 aromatic rings. The second-order valence-electron chi connectivity index (χ2n) is 5.73. The molecule has 1 nitrogen and oxygen atoms in total. The highest BCUT2D eigenvalue weighted by molar-refractivity contribution is 5.82. The van der Waals surface area contributed by atoms with Gasteiger partial charge in [-0.05, 0) is 37.5 Å². The molecule has 0 aliphatic carbocycles. The number of allylic oxidation sites excluding steroid dienone is 1. The topological polar surface area (TPSA) is 17.1 Å². The summed E-state index contributed by atoms with van der Waals surface area (Å²) in [4.78, 5) is 10.0. The zero-order valence-corrected chi connectivity index (χ0v) is 17.3. The molecule has 0 radical (unpaired) electrons. The van der Waals surface area contributed by atoms with Gasteiger partial charge in [-0.25, -0.2) is 0 Å². The highest BCUT2D eigenvalue weighted by Gasteiger charge is 1.89. The van der Waals surface area contributed by atoms with Gasteiger partial charge in [0.05, 0.1) is 0 Å². The standard InChI is InChI=1S/C11H10.C6H12.C5H10O.C2H6/c1-9-6-7-10-4-2-3-5-11(10)8-9;1-3-5-6-4-2;1-3-4-5(2)6;1-2/h2-8H,1H3;3H,1,4-6H2,2H3;3-4H2,1-2H3;1-2H3. The predicted molar refractivity (Wildman–Crippen MR) is 115 cm³/mol. The van der Waals surface area contributed by atoms with E-state index in [0.29, 0.717) is 0 Å². The number of fused-ring (bicyclic) bond motifs is 1. The fourth-order valence-electron chi connectivity index (χ4n) is 2.01. The first-order chi connectivity index (χ1) is 12.0. The van der Waals surface area contributed by atoms with Gasteiger partial charge in [-0.3, -0.25) is 0 Å². The van der Waals surface area contributed by atoms with Crippen LogP contribution in [0.4, 0.5) is 0 Å². The first-order valence-electron chi connectivity index (χ1n) is 9.60. The minimum atomic E-state index is 0.289. The average Bonchev–Trinajstić information content (AvgIpc) is 2.62. The van der Waals surface area contributed by atoms with Crippen molar-refractivity contribution >= 4 is 16.6 Å². The van der Waals surface area contributed by atoms with Crippen LogP contribution in [0.3, 0.4) is 0 Å². The fourth-order valence-corrected chi connectivity index (χ4v) is 2.01. The van der Waals surface area contributed by atoms with Crippen LogP contribution in [-0.2, 0) is 4.79 Å². The van der Waals surface area contributed by atoms with Crippen LogP contribution in [0.1, 0.15) is 72.3 Å². The van der Waals surface area contributed by atoms with Gasteiger partial charge in [0.2, 0.25) is 0 Å². The normalized spacial score (nSPS) is 8.72. The van der Waals surface area contributed by atoms with Crippen molar-refractivity contribution in [3.63, 3.8) is 0 Å². The van der Waals surface area contributed by atoms with E-state index < -0.39 is 0 Å². The van der Waals surface area contributed by atoms with Crippen molar-refractivity contribution in [3.05, 3.63) is 60.7 Å². The third kappa shape index (κ3) is 15.4. The molecule has 0 atom stereocenters. The first-order valence-corrected chi connectivity index (χ1v) is 9.60. The van der Waals surface area contributed by atoms with Gasteiger partial charge in [0.1, 0.15) is 5.78 Å². The summed E-state index contributed by atoms with van der Waals surface area (Å²) in [6.45, 7) is 15.5. The molecule has 0 aliphatic rings. The molecule has 2 rings (SSSR count). The highest BCUT2D eigenvalue weighted by atomic mass is 16.1. The van der Waals surface area contributed by atoms with Crippen LogP contribution in [-0.4, -0.2) is 5.78 Å². The maximum absolute atomic E-state index is 10.0. The van der Waals surface area contributed by atoms with E-state index in [2.05, 4.69) is 62.9 Å². The number of ketones is 1. The molecule has 0 unspecified atom stereocenters. The monoisotopic (exact) mass is 342 g/mol. The number of unbranched alkanes of at least 4 members (excludes halogenated alkanes) is 2. The molecule has 0 aliphatic heterocycles. The van der Waals surface area contributed by atoms with Crippen LogP contribution in [0.25, 0.3) is 10.8 Å². The third-order valence-electron chi connectivity index (χ3n) is 3.27. The van der Waals surface area contributed by atoms with Crippen LogP contribution in [0.15, 0.2) is 55.1 Å². The lowest BCUT2D eigenvalue weighted by Gasteiger charge is -1.96. The second-order valence-corrected chi connectivity index (χ2v) is 5.73. The van der Waals surface area contributed by atoms with E-state index in [0.717, 1.165) is 12.8 Å². The molecule has 0 saturated heterocycles. The molecule has 140 valence electrons. The van der Waals surface area contributed by atoms with Gasteiger partial charge in [0.15, 0.2) is 0 Å². The summed E-state index contributed by atoms with van der Waals surface area (Å²) in [5.41, 5.74) is 1.32. The number of benzene rings is 2. The Bertz CT molecular complexity index is 569. The molecule has 25 heavy (non-hydrogen) atoms. The van der Waals surface area contributed by atoms with Crippen molar-refractivity contribution < 1.29 is 4.79 Å². The molecule has 0 aromatic heterocycles. The summed E-state index contributed by atoms with van der Waals surface area (Å²) in [6, 6.07) is 14.9. The van der Waals surface area contributed by atoms with Gasteiger partial charge in [-0.15, -0.1) is 6.58 Å². The minimum Gasteiger partial charge on any atom is -0.300 e. The Morgan fingerprint density at radius 1 is 1.00 bits per heavy atom. The molecule has 0 saturated carbocycles. The number of carbonyl (C=O) groups excluding carboxylic acids is 1. The van der Waals surface area contributed by atoms with E-state index in [9.17, 15) is 4.79 Å². The maximum atomic E-state index is 10.0. The van der Waals surface area contributed by atoms with Crippen molar-refractivity contribution in [1.82, 2.24) is 0 Å². The first kappa shape index (κ1) is 25.4. The molecular weight excluding hydrogens is 304 g/mol. The Labute approximate surface area is 156 Å². The van der Waals surface area contributed by atoms with Crippen molar-refractivity contribution in [1.29, 1.82) is 0 Å². The molecule has 0 amide bonds. The Kier molecular flexibility index (Phi) is 18.7. The Morgan fingerprint density at radius 2 is 1.60 bits per heavy atom. The van der Waals surface area contributed by atoms with Crippen LogP contribution < -0.4 is 0 Å². The molecule has 2 aromatic carbocycles. The van der Waals surface area contributed by atoms with Gasteiger partial charge in [-0.1, -0.05) is 94.6 Å². The summed E-state index contributed by atoms with van der Waals surface area (Å²) in [5.74, 6) is 0.289.